The van der Waals surface area contributed by atoms with Crippen LogP contribution in [0.4, 0.5) is 11.9 Å². The van der Waals surface area contributed by atoms with E-state index in [-0.39, 0.29) is 0 Å². The lowest BCUT2D eigenvalue weighted by Crippen LogP contribution is -2.30. The number of hydrogen-bond donors (Lipinski definition) is 1. The number of hydrogen-bond acceptors (Lipinski definition) is 7. The molecule has 21 heavy (non-hydrogen) atoms. The van der Waals surface area contributed by atoms with Crippen molar-refractivity contribution < 1.29 is 0 Å². The number of nitrogens with one attached hydrogen (secondary N) is 1. The summed E-state index contributed by atoms with van der Waals surface area (Å²) in [5.41, 5.74) is 0. The number of imidazole rings is 1. The van der Waals surface area contributed by atoms with Crippen molar-refractivity contribution in [2.45, 2.75) is 6.92 Å². The van der Waals surface area contributed by atoms with E-state index in [9.17, 15) is 0 Å². The van der Waals surface area contributed by atoms with E-state index in [1.807, 2.05) is 39.2 Å². The molecular weight excluding hydrogens is 268 g/mol. The number of nitrogens with zero attached hydrogens (tertiary/aromatic N) is 7. The first-order valence-corrected chi connectivity index (χ1v) is 6.94. The van der Waals surface area contributed by atoms with Gasteiger partial charge in [-0.05, 0) is 21.0 Å². The number of rotatable bonds is 7. The molecule has 8 nitrogen and oxygen atoms in total. The van der Waals surface area contributed by atoms with Crippen LogP contribution in [0.1, 0.15) is 6.92 Å². The number of anilines is 2. The van der Waals surface area contributed by atoms with E-state index < -0.39 is 0 Å². The fourth-order valence-electron chi connectivity index (χ4n) is 1.70. The van der Waals surface area contributed by atoms with Crippen LogP contribution in [0.5, 0.6) is 0 Å². The van der Waals surface area contributed by atoms with Crippen LogP contribution in [-0.2, 0) is 0 Å². The Morgan fingerprint density at radius 2 is 1.95 bits per heavy atom. The molecule has 0 aliphatic heterocycles. The molecule has 2 aromatic rings. The van der Waals surface area contributed by atoms with Crippen molar-refractivity contribution in [1.29, 1.82) is 0 Å². The minimum absolute atomic E-state index is 0.560. The van der Waals surface area contributed by atoms with Gasteiger partial charge in [-0.1, -0.05) is 0 Å². The highest BCUT2D eigenvalue weighted by Gasteiger charge is 2.11. The van der Waals surface area contributed by atoms with Crippen molar-refractivity contribution in [2.24, 2.45) is 0 Å². The predicted octanol–water partition coefficient (Wildman–Crippen LogP) is 0.487. The highest BCUT2D eigenvalue weighted by Crippen LogP contribution is 2.12. The monoisotopic (exact) mass is 290 g/mol. The Balaban J connectivity index is 2.27. The molecule has 0 fully saturated rings. The molecule has 2 rings (SSSR count). The van der Waals surface area contributed by atoms with Crippen molar-refractivity contribution >= 4 is 11.9 Å². The molecule has 2 heterocycles. The first-order chi connectivity index (χ1) is 10.1. The van der Waals surface area contributed by atoms with Crippen LogP contribution in [0, 0.1) is 0 Å². The molecule has 0 aromatic carbocycles. The highest BCUT2D eigenvalue weighted by atomic mass is 15.3. The average molecular weight is 290 g/mol. The Hall–Kier alpha value is -2.22. The molecule has 8 heteroatoms. The maximum absolute atomic E-state index is 4.50. The minimum atomic E-state index is 0.560. The van der Waals surface area contributed by atoms with Crippen LogP contribution < -0.4 is 10.2 Å². The lowest BCUT2D eigenvalue weighted by atomic mass is 10.5. The summed E-state index contributed by atoms with van der Waals surface area (Å²) >= 11 is 0. The van der Waals surface area contributed by atoms with E-state index in [2.05, 4.69) is 30.2 Å². The molecule has 0 atom stereocenters. The van der Waals surface area contributed by atoms with Gasteiger partial charge in [-0.2, -0.15) is 15.0 Å². The summed E-state index contributed by atoms with van der Waals surface area (Å²) in [7, 11) is 6.07. The summed E-state index contributed by atoms with van der Waals surface area (Å²) in [6, 6.07) is 0. The van der Waals surface area contributed by atoms with Crippen molar-refractivity contribution in [3.05, 3.63) is 18.7 Å². The molecule has 0 saturated carbocycles. The van der Waals surface area contributed by atoms with E-state index >= 15 is 0 Å². The average Bonchev–Trinajstić information content (AvgIpc) is 2.99. The molecule has 114 valence electrons. The van der Waals surface area contributed by atoms with Gasteiger partial charge in [0.25, 0.3) is 0 Å². The molecule has 0 unspecified atom stereocenters. The summed E-state index contributed by atoms with van der Waals surface area (Å²) in [4.78, 5) is 21.5. The molecule has 0 radical (unpaired) electrons. The summed E-state index contributed by atoms with van der Waals surface area (Å²) in [5.74, 6) is 1.78. The molecule has 0 aliphatic carbocycles. The van der Waals surface area contributed by atoms with Gasteiger partial charge in [0, 0.05) is 39.1 Å². The second-order valence-corrected chi connectivity index (χ2v) is 4.98. The Morgan fingerprint density at radius 1 is 1.14 bits per heavy atom. The fraction of sp³-hybridized carbons (Fsp3) is 0.538. The Kier molecular flexibility index (Phi) is 5.04. The second kappa shape index (κ2) is 6.98. The van der Waals surface area contributed by atoms with E-state index in [0.717, 1.165) is 19.6 Å². The van der Waals surface area contributed by atoms with Crippen molar-refractivity contribution in [3.63, 3.8) is 0 Å². The van der Waals surface area contributed by atoms with Crippen molar-refractivity contribution in [1.82, 2.24) is 29.4 Å². The summed E-state index contributed by atoms with van der Waals surface area (Å²) < 4.78 is 1.77. The van der Waals surface area contributed by atoms with Crippen LogP contribution in [0.15, 0.2) is 18.7 Å². The standard InChI is InChI=1S/C13H22N8/c1-5-15-11-16-12(20(4)9-8-19(2)3)18-13(17-11)21-7-6-14-10-21/h6-7,10H,5,8-9H2,1-4H3,(H,15,16,17,18). The molecule has 0 amide bonds. The van der Waals surface area contributed by atoms with Gasteiger partial charge in [-0.3, -0.25) is 4.57 Å². The Morgan fingerprint density at radius 3 is 2.57 bits per heavy atom. The second-order valence-electron chi connectivity index (χ2n) is 4.98. The quantitative estimate of drug-likeness (QED) is 0.795. The minimum Gasteiger partial charge on any atom is -0.354 e. The van der Waals surface area contributed by atoms with Gasteiger partial charge in [0.2, 0.25) is 17.8 Å². The Labute approximate surface area is 124 Å². The Bertz CT molecular complexity index is 551. The largest absolute Gasteiger partial charge is 0.354 e. The zero-order valence-corrected chi connectivity index (χ0v) is 13.0. The van der Waals surface area contributed by atoms with Gasteiger partial charge >= 0.3 is 0 Å². The van der Waals surface area contributed by atoms with Crippen LogP contribution in [0.3, 0.4) is 0 Å². The van der Waals surface area contributed by atoms with Crippen LogP contribution >= 0.6 is 0 Å². The lowest BCUT2D eigenvalue weighted by molar-refractivity contribution is 0.415. The zero-order valence-electron chi connectivity index (χ0n) is 13.0. The molecule has 2 aromatic heterocycles. The number of aromatic nitrogens is 5. The summed E-state index contributed by atoms with van der Waals surface area (Å²) in [6.07, 6.45) is 5.19. The first kappa shape index (κ1) is 15.2. The van der Waals surface area contributed by atoms with E-state index in [0.29, 0.717) is 17.8 Å². The third-order valence-corrected chi connectivity index (χ3v) is 2.91. The van der Waals surface area contributed by atoms with Gasteiger partial charge in [0.05, 0.1) is 0 Å². The van der Waals surface area contributed by atoms with Gasteiger partial charge in [0.1, 0.15) is 6.33 Å². The smallest absolute Gasteiger partial charge is 0.241 e. The molecular formula is C13H22N8. The number of likely N-dealkylation sites (N-methyl/N-ethyl adjacent to an activating group) is 2. The van der Waals surface area contributed by atoms with Crippen molar-refractivity contribution in [3.8, 4) is 5.95 Å². The highest BCUT2D eigenvalue weighted by molar-refractivity contribution is 5.39. The molecule has 0 spiro atoms. The normalized spacial score (nSPS) is 10.9. The van der Waals surface area contributed by atoms with Gasteiger partial charge < -0.3 is 15.1 Å². The van der Waals surface area contributed by atoms with E-state index in [1.54, 1.807) is 17.1 Å². The zero-order chi connectivity index (χ0) is 15.2. The topological polar surface area (TPSA) is 75.0 Å². The lowest BCUT2D eigenvalue weighted by Gasteiger charge is -2.20. The molecule has 0 bridgehead atoms. The van der Waals surface area contributed by atoms with Crippen LogP contribution in [0.2, 0.25) is 0 Å². The first-order valence-electron chi connectivity index (χ1n) is 6.94. The SMILES string of the molecule is CCNc1nc(N(C)CCN(C)C)nc(-n2ccnc2)n1. The van der Waals surface area contributed by atoms with Crippen LogP contribution in [-0.4, -0.2) is 70.2 Å². The van der Waals surface area contributed by atoms with Crippen LogP contribution in [0.25, 0.3) is 5.95 Å². The molecule has 0 saturated heterocycles. The maximum atomic E-state index is 4.50. The third-order valence-electron chi connectivity index (χ3n) is 2.91. The predicted molar refractivity (Wildman–Crippen MR) is 82.9 cm³/mol. The van der Waals surface area contributed by atoms with Gasteiger partial charge in [0.15, 0.2) is 0 Å². The van der Waals surface area contributed by atoms with Gasteiger partial charge in [-0.15, -0.1) is 0 Å². The van der Waals surface area contributed by atoms with Crippen molar-refractivity contribution in [2.75, 3.05) is 51.0 Å². The summed E-state index contributed by atoms with van der Waals surface area (Å²) in [6.45, 7) is 4.54. The third kappa shape index (κ3) is 4.12. The summed E-state index contributed by atoms with van der Waals surface area (Å²) in [5, 5.41) is 3.14. The van der Waals surface area contributed by atoms with E-state index in [1.165, 1.54) is 0 Å². The van der Waals surface area contributed by atoms with E-state index in [4.69, 9.17) is 0 Å². The fourth-order valence-corrected chi connectivity index (χ4v) is 1.70. The molecule has 1 N–H and O–H groups in total. The maximum Gasteiger partial charge on any atom is 0.241 e. The molecule has 0 aliphatic rings. The van der Waals surface area contributed by atoms with Gasteiger partial charge in [-0.25, -0.2) is 4.98 Å².